The SMILES string of the molecule is CCOC(=O)c1ccc(NC(=O)c2cccc([N+](=O)[O-])c2C)cc1Cl. The van der Waals surface area contributed by atoms with Crippen LogP contribution in [0.1, 0.15) is 33.2 Å². The molecule has 0 atom stereocenters. The van der Waals surface area contributed by atoms with Gasteiger partial charge >= 0.3 is 5.97 Å². The zero-order chi connectivity index (χ0) is 18.6. The van der Waals surface area contributed by atoms with Crippen LogP contribution >= 0.6 is 11.6 Å². The lowest BCUT2D eigenvalue weighted by Gasteiger charge is -2.10. The van der Waals surface area contributed by atoms with Crippen molar-refractivity contribution in [3.05, 3.63) is 68.2 Å². The van der Waals surface area contributed by atoms with Gasteiger partial charge in [-0.15, -0.1) is 0 Å². The molecule has 0 fully saturated rings. The Labute approximate surface area is 148 Å². The number of anilines is 1. The fourth-order valence-electron chi connectivity index (χ4n) is 2.23. The van der Waals surface area contributed by atoms with Crippen molar-refractivity contribution in [2.24, 2.45) is 0 Å². The Balaban J connectivity index is 2.24. The Morgan fingerprint density at radius 2 is 1.96 bits per heavy atom. The van der Waals surface area contributed by atoms with E-state index in [2.05, 4.69) is 5.32 Å². The molecule has 1 amide bonds. The van der Waals surface area contributed by atoms with Gasteiger partial charge in [0, 0.05) is 22.9 Å². The number of rotatable bonds is 5. The Bertz CT molecular complexity index is 851. The van der Waals surface area contributed by atoms with Crippen molar-refractivity contribution in [3.8, 4) is 0 Å². The van der Waals surface area contributed by atoms with E-state index in [1.54, 1.807) is 6.92 Å². The summed E-state index contributed by atoms with van der Waals surface area (Å²) < 4.78 is 4.88. The van der Waals surface area contributed by atoms with Crippen molar-refractivity contribution in [2.45, 2.75) is 13.8 Å². The molecule has 0 aromatic heterocycles. The number of nitrogens with one attached hydrogen (secondary N) is 1. The molecule has 0 spiro atoms. The van der Waals surface area contributed by atoms with E-state index in [1.807, 2.05) is 0 Å². The van der Waals surface area contributed by atoms with Crippen LogP contribution in [-0.4, -0.2) is 23.4 Å². The smallest absolute Gasteiger partial charge is 0.339 e. The maximum atomic E-state index is 12.4. The summed E-state index contributed by atoms with van der Waals surface area (Å²) in [5, 5.41) is 13.7. The minimum Gasteiger partial charge on any atom is -0.462 e. The van der Waals surface area contributed by atoms with Crippen LogP contribution in [-0.2, 0) is 4.74 Å². The number of amides is 1. The third-order valence-corrected chi connectivity index (χ3v) is 3.78. The first-order valence-corrected chi connectivity index (χ1v) is 7.75. The first kappa shape index (κ1) is 18.4. The number of nitro benzene ring substituents is 1. The Morgan fingerprint density at radius 1 is 1.24 bits per heavy atom. The van der Waals surface area contributed by atoms with E-state index in [-0.39, 0.29) is 34.0 Å². The zero-order valence-corrected chi connectivity index (χ0v) is 14.3. The highest BCUT2D eigenvalue weighted by atomic mass is 35.5. The number of halogens is 1. The topological polar surface area (TPSA) is 98.5 Å². The predicted molar refractivity (Wildman–Crippen MR) is 93.2 cm³/mol. The molecule has 2 aromatic rings. The highest BCUT2D eigenvalue weighted by Gasteiger charge is 2.19. The third-order valence-electron chi connectivity index (χ3n) is 3.47. The normalized spacial score (nSPS) is 10.2. The van der Waals surface area contributed by atoms with Gasteiger partial charge in [0.05, 0.1) is 22.1 Å². The summed E-state index contributed by atoms with van der Waals surface area (Å²) >= 11 is 6.05. The van der Waals surface area contributed by atoms with Crippen LogP contribution in [0.5, 0.6) is 0 Å². The van der Waals surface area contributed by atoms with Gasteiger partial charge in [-0.05, 0) is 38.1 Å². The van der Waals surface area contributed by atoms with Gasteiger partial charge in [-0.3, -0.25) is 14.9 Å². The molecule has 0 aliphatic heterocycles. The van der Waals surface area contributed by atoms with Crippen molar-refractivity contribution in [3.63, 3.8) is 0 Å². The average molecular weight is 363 g/mol. The first-order chi connectivity index (χ1) is 11.8. The van der Waals surface area contributed by atoms with Crippen LogP contribution in [0.2, 0.25) is 5.02 Å². The van der Waals surface area contributed by atoms with Crippen molar-refractivity contribution in [2.75, 3.05) is 11.9 Å². The molecule has 2 aromatic carbocycles. The molecule has 0 saturated carbocycles. The molecular weight excluding hydrogens is 348 g/mol. The Morgan fingerprint density at radius 3 is 2.56 bits per heavy atom. The molecule has 0 aliphatic carbocycles. The molecule has 0 bridgehead atoms. The van der Waals surface area contributed by atoms with Crippen LogP contribution in [0.4, 0.5) is 11.4 Å². The Kier molecular flexibility index (Phi) is 5.71. The van der Waals surface area contributed by atoms with E-state index < -0.39 is 16.8 Å². The number of benzene rings is 2. The van der Waals surface area contributed by atoms with E-state index in [1.165, 1.54) is 43.3 Å². The first-order valence-electron chi connectivity index (χ1n) is 7.37. The summed E-state index contributed by atoms with van der Waals surface area (Å²) in [5.41, 5.74) is 0.851. The monoisotopic (exact) mass is 362 g/mol. The van der Waals surface area contributed by atoms with Crippen molar-refractivity contribution >= 4 is 34.9 Å². The zero-order valence-electron chi connectivity index (χ0n) is 13.5. The fourth-order valence-corrected chi connectivity index (χ4v) is 2.49. The molecule has 7 nitrogen and oxygen atoms in total. The second kappa shape index (κ2) is 7.76. The molecule has 0 saturated heterocycles. The van der Waals surface area contributed by atoms with Gasteiger partial charge in [0.25, 0.3) is 11.6 Å². The molecule has 0 aliphatic rings. The van der Waals surface area contributed by atoms with Crippen molar-refractivity contribution in [1.82, 2.24) is 0 Å². The van der Waals surface area contributed by atoms with Gasteiger partial charge in [-0.1, -0.05) is 17.7 Å². The number of hydrogen-bond donors (Lipinski definition) is 1. The van der Waals surface area contributed by atoms with Gasteiger partial charge in [-0.25, -0.2) is 4.79 Å². The van der Waals surface area contributed by atoms with Gasteiger partial charge < -0.3 is 10.1 Å². The van der Waals surface area contributed by atoms with Crippen LogP contribution in [0.15, 0.2) is 36.4 Å². The summed E-state index contributed by atoms with van der Waals surface area (Å²) in [5.74, 6) is -1.07. The van der Waals surface area contributed by atoms with Crippen LogP contribution in [0, 0.1) is 17.0 Å². The molecule has 0 heterocycles. The highest BCUT2D eigenvalue weighted by Crippen LogP contribution is 2.24. The average Bonchev–Trinajstić information content (AvgIpc) is 2.54. The molecular formula is C17H15ClN2O5. The summed E-state index contributed by atoms with van der Waals surface area (Å²) in [6, 6.07) is 8.62. The van der Waals surface area contributed by atoms with E-state index in [4.69, 9.17) is 16.3 Å². The number of carbonyl (C=O) groups is 2. The van der Waals surface area contributed by atoms with E-state index >= 15 is 0 Å². The number of esters is 1. The molecule has 0 radical (unpaired) electrons. The van der Waals surface area contributed by atoms with Crippen LogP contribution < -0.4 is 5.32 Å². The molecule has 0 unspecified atom stereocenters. The maximum absolute atomic E-state index is 12.4. The van der Waals surface area contributed by atoms with E-state index in [0.29, 0.717) is 5.69 Å². The van der Waals surface area contributed by atoms with Gasteiger partial charge in [0.2, 0.25) is 0 Å². The van der Waals surface area contributed by atoms with Crippen molar-refractivity contribution in [1.29, 1.82) is 0 Å². The highest BCUT2D eigenvalue weighted by molar-refractivity contribution is 6.34. The maximum Gasteiger partial charge on any atom is 0.339 e. The molecule has 2 rings (SSSR count). The number of carbonyl (C=O) groups excluding carboxylic acids is 2. The molecule has 8 heteroatoms. The molecule has 130 valence electrons. The van der Waals surface area contributed by atoms with Gasteiger partial charge in [0.1, 0.15) is 0 Å². The number of nitrogens with zero attached hydrogens (tertiary/aromatic N) is 1. The third kappa shape index (κ3) is 4.13. The van der Waals surface area contributed by atoms with Gasteiger partial charge in [-0.2, -0.15) is 0 Å². The second-order valence-electron chi connectivity index (χ2n) is 5.08. The number of nitro groups is 1. The summed E-state index contributed by atoms with van der Waals surface area (Å²) in [4.78, 5) is 34.5. The minimum atomic E-state index is -0.556. The fraction of sp³-hybridized carbons (Fsp3) is 0.176. The van der Waals surface area contributed by atoms with E-state index in [9.17, 15) is 19.7 Å². The summed E-state index contributed by atoms with van der Waals surface area (Å²) in [6.07, 6.45) is 0. The summed E-state index contributed by atoms with van der Waals surface area (Å²) in [6.45, 7) is 3.41. The van der Waals surface area contributed by atoms with Crippen LogP contribution in [0.3, 0.4) is 0 Å². The predicted octanol–water partition coefficient (Wildman–Crippen LogP) is 3.99. The van der Waals surface area contributed by atoms with Crippen molar-refractivity contribution < 1.29 is 19.2 Å². The lowest BCUT2D eigenvalue weighted by molar-refractivity contribution is -0.385. The van der Waals surface area contributed by atoms with Crippen LogP contribution in [0.25, 0.3) is 0 Å². The quantitative estimate of drug-likeness (QED) is 0.492. The Hall–Kier alpha value is -2.93. The van der Waals surface area contributed by atoms with Gasteiger partial charge in [0.15, 0.2) is 0 Å². The van der Waals surface area contributed by atoms with E-state index in [0.717, 1.165) is 0 Å². The largest absolute Gasteiger partial charge is 0.462 e. The summed E-state index contributed by atoms with van der Waals surface area (Å²) in [7, 11) is 0. The lowest BCUT2D eigenvalue weighted by atomic mass is 10.1. The lowest BCUT2D eigenvalue weighted by Crippen LogP contribution is -2.14. The molecule has 25 heavy (non-hydrogen) atoms. The second-order valence-corrected chi connectivity index (χ2v) is 5.48. The standard InChI is InChI=1S/C17H15ClN2O5/c1-3-25-17(22)13-8-7-11(9-14(13)18)19-16(21)12-5-4-6-15(10(12)2)20(23)24/h4-9H,3H2,1-2H3,(H,19,21). The number of ether oxygens (including phenoxy) is 1. The molecule has 1 N–H and O–H groups in total. The number of hydrogen-bond acceptors (Lipinski definition) is 5. The minimum absolute atomic E-state index is 0.131.